The molecule has 5 aliphatic heterocycles. The van der Waals surface area contributed by atoms with E-state index < -0.39 is 262 Å². The summed E-state index contributed by atoms with van der Waals surface area (Å²) in [7, 11) is 0. The first-order valence-electron chi connectivity index (χ1n) is 42.8. The van der Waals surface area contributed by atoms with Gasteiger partial charge < -0.3 is 160 Å². The van der Waals surface area contributed by atoms with Crippen molar-refractivity contribution in [1.82, 2.24) is 57.7 Å². The van der Waals surface area contributed by atoms with E-state index in [1.54, 1.807) is 27.4 Å². The molecule has 11 heterocycles. The summed E-state index contributed by atoms with van der Waals surface area (Å²) in [5.74, 6) is -7.26. The molecule has 0 saturated carbocycles. The van der Waals surface area contributed by atoms with Gasteiger partial charge in [-0.15, -0.1) is 0 Å². The molecule has 11 rings (SSSR count). The molecular formula is C72H109N27O38. The third-order valence-corrected chi connectivity index (χ3v) is 19.4. The van der Waals surface area contributed by atoms with E-state index >= 15 is 0 Å². The summed E-state index contributed by atoms with van der Waals surface area (Å²) in [6.07, 6.45) is -26.6. The van der Waals surface area contributed by atoms with Crippen molar-refractivity contribution in [3.63, 3.8) is 0 Å². The van der Waals surface area contributed by atoms with Gasteiger partial charge in [-0.2, -0.15) is 24.9 Å². The van der Waals surface area contributed by atoms with Crippen LogP contribution in [0.15, 0.2) is 103 Å². The van der Waals surface area contributed by atoms with Gasteiger partial charge in [-0.1, -0.05) is 6.42 Å². The molecule has 760 valence electrons. The summed E-state index contributed by atoms with van der Waals surface area (Å²) in [6.45, 7) is -1.94. The lowest BCUT2D eigenvalue weighted by molar-refractivity contribution is -0.154. The Morgan fingerprint density at radius 1 is 0.416 bits per heavy atom. The number of guanidine groups is 1. The number of aliphatic imine (C=N–C) groups is 1. The molecule has 5 saturated heterocycles. The number of unbranched alkanes of at least 4 members (excludes halogenated alkanes) is 1. The van der Waals surface area contributed by atoms with E-state index in [1.807, 2.05) is 0 Å². The number of nitrogens with one attached hydrogen (secondary N) is 6. The predicted octanol–water partition coefficient (Wildman–Crippen LogP) is -14.4. The number of ether oxygens (including phenoxy) is 10. The summed E-state index contributed by atoms with van der Waals surface area (Å²) in [5.41, 5.74) is 52.5. The Morgan fingerprint density at radius 2 is 0.686 bits per heavy atom. The number of rotatable bonds is 40. The highest BCUT2D eigenvalue weighted by molar-refractivity contribution is 5.82. The zero-order chi connectivity index (χ0) is 106. The number of nitrogens with zero attached hydrogens (tertiary/aromatic N) is 12. The van der Waals surface area contributed by atoms with E-state index in [-0.39, 0.29) is 67.3 Å². The SMILES string of the molecule is [2H][C@@]1(n2ccc(NO)nc2=O)O[C@H](COC(=O)[C@@H](N)CC(=O)O)[C@@H](O)[C@H]1O.[2H][C@@]1(n2ccc(NO)nc2=O)O[C@H](COC(=O)[C@@H](N)CCC(N)=O)[C@@H](O)[C@H]1O.[2H][C@@]1(n2ccc(NO)nc2=O)O[C@H](COC(=O)[C@@H](N)CCCCN)[C@@H](O)[C@H]1O.[2H][C@@]1(n2ccc(NO)nc2=O)O[C@H](COC(=O)[C@@H](N)CCCN=C(N)N)[C@@H](O)[C@H]1O.[2H][C@@]1(n2ccc(NO)nc2=O)O[C@H](COC(=O)[C@@H](N)Cc2cnc[nH]2)[C@@H](O)[C@H]1O. The van der Waals surface area contributed by atoms with Gasteiger partial charge >= 0.3 is 64.3 Å². The summed E-state index contributed by atoms with van der Waals surface area (Å²) in [6, 6.07) is 0.257. The van der Waals surface area contributed by atoms with Crippen molar-refractivity contribution >= 4 is 76.8 Å². The van der Waals surface area contributed by atoms with Crippen molar-refractivity contribution in [2.75, 3.05) is 73.5 Å². The Kier molecular flexibility index (Phi) is 40.3. The Labute approximate surface area is 775 Å². The number of esters is 5. The molecule has 5 aliphatic rings. The molecule has 5 fully saturated rings. The average Bonchev–Trinajstić information content (AvgIpc) is 1.63. The second-order valence-corrected chi connectivity index (χ2v) is 29.3. The second-order valence-electron chi connectivity index (χ2n) is 29.3. The normalized spacial score (nSPS) is 28.8. The number of carboxylic acids is 1. The minimum absolute atomic E-state index is 0.0421. The fourth-order valence-corrected chi connectivity index (χ4v) is 12.1. The number of H-pyrrole nitrogens is 1. The molecule has 6 aromatic heterocycles. The molecule has 0 aromatic carbocycles. The van der Waals surface area contributed by atoms with Gasteiger partial charge in [0.15, 0.2) is 66.1 Å². The first kappa shape index (κ1) is 103. The van der Waals surface area contributed by atoms with E-state index in [0.717, 1.165) is 61.3 Å². The van der Waals surface area contributed by atoms with Gasteiger partial charge in [-0.3, -0.25) is 115 Å². The minimum Gasteiger partial charge on any atom is -0.481 e. The molecule has 65 nitrogen and oxygen atoms in total. The number of hydrogen-bond donors (Lipinski definition) is 31. The number of anilines is 5. The summed E-state index contributed by atoms with van der Waals surface area (Å²) < 4.78 is 95.4. The van der Waals surface area contributed by atoms with Crippen LogP contribution >= 0.6 is 0 Å². The minimum atomic E-state index is -2.49. The van der Waals surface area contributed by atoms with E-state index in [1.165, 1.54) is 12.5 Å². The first-order chi connectivity index (χ1) is 66.8. The molecule has 40 N–H and O–H groups in total. The molecule has 137 heavy (non-hydrogen) atoms. The van der Waals surface area contributed by atoms with E-state index in [0.29, 0.717) is 60.8 Å². The number of nitrogens with two attached hydrogens (primary N) is 9. The van der Waals surface area contributed by atoms with E-state index in [9.17, 15) is 109 Å². The lowest BCUT2D eigenvalue weighted by Crippen LogP contribution is -2.39. The third kappa shape index (κ3) is 31.6. The number of aliphatic hydroxyl groups is 10. The van der Waals surface area contributed by atoms with Crippen LogP contribution in [-0.2, 0) is 87.4 Å². The monoisotopic (exact) mass is 1960 g/mol. The number of carbonyl (C=O) groups is 7. The summed E-state index contributed by atoms with van der Waals surface area (Å²) >= 11 is 0. The van der Waals surface area contributed by atoms with Crippen molar-refractivity contribution in [3.8, 4) is 0 Å². The Morgan fingerprint density at radius 3 is 0.927 bits per heavy atom. The number of amides is 1. The standard InChI is InChI=1S/C15H25N7O7.C15H20N6O7.C15H25N5O7.C14H21N5O8.C13H18N4O9/c16-7(2-1-4-19-14(17)18)13(25)28-6-8-10(23)11(24)12(29-8)22-5-3-9(21-27)20-15(22)26;16-8(3-7-4-17-6-18-7)14(24)27-5-9-11(22)12(23)13(28-9)21-2-1-10(20-26)19-15(21)25;16-5-2-1-3-8(17)14(23)26-7-9-11(21)12(22)13(27-9)20-6-4-10(19-25)18-15(20)24;15-6(1-2-8(16)20)13(23)26-5-7-10(21)11(22)12(27-7)19-4-3-9(18-25)17-14(19)24;14-5(3-8(18)19)12(22)25-4-6-9(20)10(21)11(26-6)17-2-1-7(16-24)15-13(17)23/h3,5,7-8,10-12,23-24,27H,1-2,4,6,16H2,(H4,17,18,19)(H,20,21,26);1-2,4,6,8-9,11-13,22-23,26H,3,5,16H2,(H,17,18)(H,19,20,25);4,6,8-9,11-13,21-22,25H,1-3,5,7,16-17H2,(H,18,19,24);3-4,6-7,10-12,21-22,25H,1-2,5,15H2,(H2,16,20)(H,17,18,24);1-2,5-6,9-11,20-21,24H,3-4,14H2,(H,18,19)(H,15,16,23)/t7-,8+,10+,11+,12+;2*8-,9+,11+,12+,13+;6-,7+,10+,11+,12+;5-,6+,9+,10+,11+/m00000/s1/i12D;2*13D;12D;11D. The number of aromatic nitrogens is 12. The molecule has 65 heteroatoms. The summed E-state index contributed by atoms with van der Waals surface area (Å²) in [4.78, 5) is 168. The van der Waals surface area contributed by atoms with E-state index in [2.05, 4.69) is 39.9 Å². The largest absolute Gasteiger partial charge is 0.481 e. The van der Waals surface area contributed by atoms with Crippen LogP contribution in [0.5, 0.6) is 0 Å². The maximum atomic E-state index is 12.1. The Hall–Kier alpha value is -12.9. The maximum absolute atomic E-state index is 12.1. The van der Waals surface area contributed by atoms with Crippen molar-refractivity contribution in [2.45, 2.75) is 211 Å². The van der Waals surface area contributed by atoms with Crippen LogP contribution < -0.4 is 107 Å². The van der Waals surface area contributed by atoms with Gasteiger partial charge in [0, 0.05) is 62.3 Å². The average molecular weight is 1970 g/mol. The number of aliphatic hydroxyl groups excluding tert-OH is 10. The van der Waals surface area contributed by atoms with E-state index in [4.69, 9.17) is 137 Å². The van der Waals surface area contributed by atoms with Crippen molar-refractivity contribution < 1.29 is 170 Å². The number of primary amides is 1. The molecule has 0 radical (unpaired) electrons. The highest BCUT2D eigenvalue weighted by Crippen LogP contribution is 2.34. The van der Waals surface area contributed by atoms with Gasteiger partial charge in [-0.05, 0) is 69.0 Å². The zero-order valence-electron chi connectivity index (χ0n) is 76.5. The number of imidazole rings is 1. The van der Waals surface area contributed by atoms with Crippen LogP contribution in [0.2, 0.25) is 0 Å². The highest BCUT2D eigenvalue weighted by Gasteiger charge is 2.50. The molecule has 0 unspecified atom stereocenters. The first-order valence-corrected chi connectivity index (χ1v) is 40.3. The number of hydrogen-bond acceptors (Lipinski definition) is 55. The quantitative estimate of drug-likeness (QED) is 0.00424. The van der Waals surface area contributed by atoms with Crippen LogP contribution in [0.3, 0.4) is 0 Å². The second kappa shape index (κ2) is 53.6. The number of aromatic amines is 1. The lowest BCUT2D eigenvalue weighted by atomic mass is 10.1. The third-order valence-electron chi connectivity index (χ3n) is 19.4. The van der Waals surface area contributed by atoms with Gasteiger partial charge in [0.25, 0.3) is 0 Å². The van der Waals surface area contributed by atoms with Crippen LogP contribution in [-0.4, -0.2) is 356 Å². The van der Waals surface area contributed by atoms with Crippen molar-refractivity contribution in [1.29, 1.82) is 0 Å². The summed E-state index contributed by atoms with van der Waals surface area (Å²) in [5, 5.41) is 154. The van der Waals surface area contributed by atoms with Gasteiger partial charge in [0.1, 0.15) is 155 Å². The zero-order valence-corrected chi connectivity index (χ0v) is 71.5. The number of carboxylic acid groups (broad SMARTS) is 1. The molecular weight excluding hydrogens is 1850 g/mol. The predicted molar refractivity (Wildman–Crippen MR) is 450 cm³/mol. The maximum Gasteiger partial charge on any atom is 0.351 e. The van der Waals surface area contributed by atoms with Crippen LogP contribution in [0.4, 0.5) is 29.1 Å². The van der Waals surface area contributed by atoms with Crippen molar-refractivity contribution in [3.05, 3.63) is 132 Å². The van der Waals surface area contributed by atoms with Crippen molar-refractivity contribution in [2.24, 2.45) is 56.6 Å². The van der Waals surface area contributed by atoms with Crippen LogP contribution in [0.1, 0.15) is 94.9 Å². The van der Waals surface area contributed by atoms with Gasteiger partial charge in [0.05, 0.1) is 19.6 Å². The lowest BCUT2D eigenvalue weighted by Gasteiger charge is -2.17. The fourth-order valence-electron chi connectivity index (χ4n) is 12.1. The Balaban J connectivity index is 0.000000241. The molecule has 0 spiro atoms. The number of aliphatic carboxylic acids is 1. The Bertz CT molecular complexity index is 5580. The molecule has 0 bridgehead atoms. The highest BCUT2D eigenvalue weighted by atomic mass is 16.6. The molecule has 6 aromatic rings. The smallest absolute Gasteiger partial charge is 0.351 e. The topological polar surface area (TPSA) is 1050 Å². The fraction of sp³-hybridized carbons (Fsp3) is 0.569. The molecule has 0 aliphatic carbocycles. The molecule has 1 amide bonds. The molecule has 25 atom stereocenters. The van der Waals surface area contributed by atoms with Gasteiger partial charge in [-0.25, -0.2) is 29.0 Å². The van der Waals surface area contributed by atoms with Crippen LogP contribution in [0, 0.1) is 0 Å². The van der Waals surface area contributed by atoms with Crippen LogP contribution in [0.25, 0.3) is 0 Å². The number of carbonyl (C=O) groups excluding carboxylic acids is 6. The van der Waals surface area contributed by atoms with Gasteiger partial charge in [0.2, 0.25) is 5.91 Å².